The molecule has 1 unspecified atom stereocenters. The standard InChI is InChI=1S/C38H37N3O7S4/c1-47-37(46)41-33-26-8-6-4-5-7-9-31(32(26)25(15-19-52(3,49)50)29(43)21-30(33)44)48-23-12-16-38(51-2,17-13-23)36(45)35-34-24(14-18-39-35)27-20-22(42)10-11-28(27)40-34/h4-5,10-11,14-15,18,20,23,29,31,33,40,42-43H,12-13,16-17,19,21H2,1-3H3,(H,41,46)/b5-4-,25-15-/t23?,29-,31-,33?,38?/m0/s1. The van der Waals surface area contributed by atoms with Crippen LogP contribution in [0.25, 0.3) is 21.8 Å². The normalized spacial score (nSPS) is 26.2. The van der Waals surface area contributed by atoms with Gasteiger partial charge in [-0.05, 0) is 103 Å². The SMILES string of the molecule is COC(=O)NC1C(=O)C[C@H](O)/C(=C/CS(C)(=S)=S)C2=C1C#C/C=C\C#C[C@@H]2OC1CCC(SC)(C(=O)c2nccc3c2[nH]c2ccc(O)cc23)CC1. The number of hydrogen-bond donors (Lipinski definition) is 4. The summed E-state index contributed by atoms with van der Waals surface area (Å²) in [5.74, 6) is 12.0. The van der Waals surface area contributed by atoms with Crippen molar-refractivity contribution >= 4 is 80.8 Å². The lowest BCUT2D eigenvalue weighted by Crippen LogP contribution is -2.43. The number of aliphatic hydroxyl groups is 1. The number of hydrogen-bond acceptors (Lipinski definition) is 11. The van der Waals surface area contributed by atoms with Crippen LogP contribution in [0.5, 0.6) is 5.75 Å². The Morgan fingerprint density at radius 1 is 1.19 bits per heavy atom. The third-order valence-corrected chi connectivity index (χ3v) is 12.5. The smallest absolute Gasteiger partial charge is 0.407 e. The molecular formula is C38H37N3O7S4. The predicted molar refractivity (Wildman–Crippen MR) is 211 cm³/mol. The lowest BCUT2D eigenvalue weighted by Gasteiger charge is -2.38. The van der Waals surface area contributed by atoms with Crippen LogP contribution in [0.15, 0.2) is 65.4 Å². The van der Waals surface area contributed by atoms with Gasteiger partial charge in [0.05, 0.1) is 29.6 Å². The fraction of sp³-hybridized carbons (Fsp3) is 0.368. The number of phenolic OH excluding ortho intramolecular Hbond substituents is 1. The summed E-state index contributed by atoms with van der Waals surface area (Å²) in [5.41, 5.74) is 2.78. The second-order valence-corrected chi connectivity index (χ2v) is 21.3. The van der Waals surface area contributed by atoms with E-state index in [0.717, 1.165) is 16.3 Å². The first-order valence-corrected chi connectivity index (χ1v) is 21.8. The molecule has 1 saturated carbocycles. The third kappa shape index (κ3) is 7.83. The monoisotopic (exact) mass is 775 g/mol. The third-order valence-electron chi connectivity index (χ3n) is 9.54. The van der Waals surface area contributed by atoms with E-state index in [2.05, 4.69) is 39.0 Å². The molecule has 0 radical (unpaired) electrons. The number of nitrogens with one attached hydrogen (secondary N) is 2. The molecule has 1 fully saturated rings. The van der Waals surface area contributed by atoms with Gasteiger partial charge in [0.15, 0.2) is 11.6 Å². The van der Waals surface area contributed by atoms with Crippen molar-refractivity contribution in [3.8, 4) is 29.4 Å². The molecule has 3 aliphatic rings. The number of nitrogens with zero attached hydrogens (tertiary/aromatic N) is 1. The van der Waals surface area contributed by atoms with Gasteiger partial charge in [0.25, 0.3) is 0 Å². The fourth-order valence-electron chi connectivity index (χ4n) is 6.93. The number of fused-ring (bicyclic) bond motifs is 3. The Hall–Kier alpha value is -4.02. The maximum absolute atomic E-state index is 14.4. The zero-order valence-corrected chi connectivity index (χ0v) is 32.0. The zero-order valence-electron chi connectivity index (χ0n) is 28.7. The molecule has 6 rings (SSSR count). The van der Waals surface area contributed by atoms with Crippen LogP contribution in [-0.2, 0) is 43.8 Å². The average molecular weight is 776 g/mol. The number of allylic oxidation sites excluding steroid dienone is 2. The highest BCUT2D eigenvalue weighted by Crippen LogP contribution is 2.44. The number of thioether (sulfide) groups is 1. The minimum Gasteiger partial charge on any atom is -0.508 e. The van der Waals surface area contributed by atoms with Crippen molar-refractivity contribution in [2.45, 2.75) is 61.2 Å². The molecule has 2 aromatic heterocycles. The van der Waals surface area contributed by atoms with Crippen LogP contribution in [-0.4, -0.2) is 92.3 Å². The molecule has 10 nitrogen and oxygen atoms in total. The molecule has 1 aromatic carbocycles. The number of aromatic amines is 1. The maximum Gasteiger partial charge on any atom is 0.407 e. The second kappa shape index (κ2) is 15.5. The largest absolute Gasteiger partial charge is 0.508 e. The number of pyridine rings is 1. The molecule has 14 heteroatoms. The van der Waals surface area contributed by atoms with Crippen LogP contribution >= 0.6 is 11.8 Å². The number of alkyl carbamates (subject to hydrolysis) is 1. The first-order valence-electron chi connectivity index (χ1n) is 16.5. The van der Waals surface area contributed by atoms with Gasteiger partial charge in [-0.25, -0.2) is 4.79 Å². The van der Waals surface area contributed by atoms with Gasteiger partial charge in [-0.2, -0.15) is 11.8 Å². The van der Waals surface area contributed by atoms with Crippen molar-refractivity contribution in [2.24, 2.45) is 0 Å². The van der Waals surface area contributed by atoms with E-state index in [1.54, 1.807) is 48.9 Å². The van der Waals surface area contributed by atoms with E-state index >= 15 is 0 Å². The number of amides is 1. The molecule has 0 bridgehead atoms. The number of aromatic nitrogens is 2. The Morgan fingerprint density at radius 2 is 1.94 bits per heavy atom. The molecule has 2 heterocycles. The average Bonchev–Trinajstić information content (AvgIpc) is 3.49. The van der Waals surface area contributed by atoms with Crippen molar-refractivity contribution < 1.29 is 34.1 Å². The zero-order chi connectivity index (χ0) is 37.2. The van der Waals surface area contributed by atoms with Gasteiger partial charge in [0, 0.05) is 45.8 Å². The van der Waals surface area contributed by atoms with Crippen molar-refractivity contribution in [3.05, 3.63) is 71.1 Å². The number of methoxy groups -OCH3 is 1. The van der Waals surface area contributed by atoms with Crippen molar-refractivity contribution in [1.82, 2.24) is 15.3 Å². The van der Waals surface area contributed by atoms with Gasteiger partial charge < -0.3 is 30.0 Å². The number of carbonyl (C=O) groups excluding carboxylic acids is 3. The summed E-state index contributed by atoms with van der Waals surface area (Å²) in [6.45, 7) is 0. The van der Waals surface area contributed by atoms with Crippen LogP contribution in [0, 0.1) is 23.7 Å². The molecule has 0 saturated heterocycles. The van der Waals surface area contributed by atoms with Gasteiger partial charge in [-0.15, -0.1) is 0 Å². The number of phenols is 1. The number of carbonyl (C=O) groups is 3. The molecule has 1 amide bonds. The summed E-state index contributed by atoms with van der Waals surface area (Å²) in [6, 6.07) is 5.65. The number of benzene rings is 1. The number of H-pyrrole nitrogens is 1. The first-order chi connectivity index (χ1) is 24.8. The molecule has 3 aliphatic carbocycles. The highest BCUT2D eigenvalue weighted by molar-refractivity contribution is 8.56. The van der Waals surface area contributed by atoms with Crippen LogP contribution in [0.4, 0.5) is 4.79 Å². The molecule has 52 heavy (non-hydrogen) atoms. The molecule has 0 aliphatic heterocycles. The Labute approximate surface area is 315 Å². The minimum absolute atomic E-state index is 0.0850. The van der Waals surface area contributed by atoms with Gasteiger partial charge in [0.2, 0.25) is 0 Å². The number of Topliss-reactive ketones (excluding diaryl/α,β-unsaturated/α-hetero) is 2. The van der Waals surface area contributed by atoms with E-state index in [4.69, 9.17) is 31.8 Å². The van der Waals surface area contributed by atoms with Crippen LogP contribution in [0.2, 0.25) is 0 Å². The van der Waals surface area contributed by atoms with Gasteiger partial charge in [-0.3, -0.25) is 14.6 Å². The summed E-state index contributed by atoms with van der Waals surface area (Å²) in [5, 5.41) is 25.8. The first kappa shape index (κ1) is 37.7. The van der Waals surface area contributed by atoms with Crippen molar-refractivity contribution in [3.63, 3.8) is 0 Å². The van der Waals surface area contributed by atoms with E-state index in [0.29, 0.717) is 53.8 Å². The van der Waals surface area contributed by atoms with E-state index in [-0.39, 0.29) is 29.6 Å². The lowest BCUT2D eigenvalue weighted by atomic mass is 9.82. The quantitative estimate of drug-likeness (QED) is 0.188. The summed E-state index contributed by atoms with van der Waals surface area (Å²) in [4.78, 5) is 48.3. The van der Waals surface area contributed by atoms with Gasteiger partial charge >= 0.3 is 6.09 Å². The van der Waals surface area contributed by atoms with Gasteiger partial charge in [0.1, 0.15) is 23.6 Å². The summed E-state index contributed by atoms with van der Waals surface area (Å²) in [6.07, 6.45) is 8.52. The van der Waals surface area contributed by atoms with E-state index in [1.807, 2.05) is 12.3 Å². The Balaban J connectivity index is 1.34. The summed E-state index contributed by atoms with van der Waals surface area (Å²) >= 11 is 12.6. The van der Waals surface area contributed by atoms with Gasteiger partial charge in [-0.1, -0.05) is 36.9 Å². The van der Waals surface area contributed by atoms with E-state index in [9.17, 15) is 24.6 Å². The number of ketones is 2. The highest BCUT2D eigenvalue weighted by Gasteiger charge is 2.45. The number of rotatable bonds is 8. The van der Waals surface area contributed by atoms with E-state index in [1.165, 1.54) is 18.9 Å². The fourth-order valence-corrected chi connectivity index (χ4v) is 8.75. The Morgan fingerprint density at radius 3 is 2.65 bits per heavy atom. The summed E-state index contributed by atoms with van der Waals surface area (Å²) in [7, 11) is -0.685. The van der Waals surface area contributed by atoms with Crippen molar-refractivity contribution in [2.75, 3.05) is 25.4 Å². The number of aliphatic hydroxyl groups excluding tert-OH is 1. The Kier molecular flexibility index (Phi) is 11.3. The van der Waals surface area contributed by atoms with Crippen molar-refractivity contribution in [1.29, 1.82) is 0 Å². The molecule has 0 spiro atoms. The molecule has 270 valence electrons. The Bertz CT molecular complexity index is 2300. The molecule has 3 aromatic rings. The highest BCUT2D eigenvalue weighted by atomic mass is 33.1. The van der Waals surface area contributed by atoms with Crippen LogP contribution in [0.3, 0.4) is 0 Å². The number of ether oxygens (including phenoxy) is 2. The minimum atomic E-state index is -1.88. The topological polar surface area (TPSA) is 151 Å². The molecular weight excluding hydrogens is 739 g/mol. The van der Waals surface area contributed by atoms with Crippen LogP contribution in [0.1, 0.15) is 42.6 Å². The maximum atomic E-state index is 14.4. The van der Waals surface area contributed by atoms with Crippen LogP contribution < -0.4 is 5.32 Å². The van der Waals surface area contributed by atoms with E-state index < -0.39 is 42.0 Å². The number of aromatic hydroxyl groups is 1. The molecule has 3 atom stereocenters. The predicted octanol–water partition coefficient (Wildman–Crippen LogP) is 4.60. The molecule has 4 N–H and O–H groups in total. The lowest BCUT2D eigenvalue weighted by molar-refractivity contribution is -0.121. The second-order valence-electron chi connectivity index (χ2n) is 12.9. The summed E-state index contributed by atoms with van der Waals surface area (Å²) < 4.78 is 10.8.